The third-order valence-electron chi connectivity index (χ3n) is 3.03. The van der Waals surface area contributed by atoms with Gasteiger partial charge in [0.05, 0.1) is 7.11 Å². The average molecular weight is 239 g/mol. The van der Waals surface area contributed by atoms with Gasteiger partial charge in [-0.3, -0.25) is 0 Å². The number of rotatable bonds is 5. The van der Waals surface area contributed by atoms with E-state index in [4.69, 9.17) is 18.7 Å². The fraction of sp³-hybridized carbons (Fsp3) is 0.500. The first-order valence-corrected chi connectivity index (χ1v) is 5.49. The molecule has 1 aromatic carbocycles. The average Bonchev–Trinajstić information content (AvgIpc) is 2.32. The Bertz CT molecular complexity index is 357. The largest absolute Gasteiger partial charge is 0.543 e. The van der Waals surface area contributed by atoms with Crippen molar-refractivity contribution in [2.45, 2.75) is 13.8 Å². The molecular formula is C12H20BO4-. The summed E-state index contributed by atoms with van der Waals surface area (Å²) in [6.07, 6.45) is 0. The van der Waals surface area contributed by atoms with Gasteiger partial charge in [-0.2, -0.15) is 0 Å². The normalized spacial score (nSPS) is 11.6. The molecule has 0 aliphatic rings. The fourth-order valence-electron chi connectivity index (χ4n) is 2.21. The van der Waals surface area contributed by atoms with Gasteiger partial charge in [0.2, 0.25) is 0 Å². The molecule has 0 fully saturated rings. The topological polar surface area (TPSA) is 36.9 Å². The first-order valence-electron chi connectivity index (χ1n) is 5.49. The molecule has 5 heteroatoms. The Balaban J connectivity index is 3.32. The minimum Gasteiger partial charge on any atom is -0.543 e. The first-order chi connectivity index (χ1) is 8.04. The number of benzene rings is 1. The van der Waals surface area contributed by atoms with E-state index in [0.717, 1.165) is 22.3 Å². The van der Waals surface area contributed by atoms with Gasteiger partial charge in [0.1, 0.15) is 5.75 Å². The maximum absolute atomic E-state index is 5.38. The maximum Gasteiger partial charge on any atom is 0.409 e. The Morgan fingerprint density at radius 2 is 1.24 bits per heavy atom. The van der Waals surface area contributed by atoms with Crippen LogP contribution in [0.5, 0.6) is 5.75 Å². The summed E-state index contributed by atoms with van der Waals surface area (Å²) < 4.78 is 21.5. The number of hydrogen-bond acceptors (Lipinski definition) is 4. The van der Waals surface area contributed by atoms with Crippen LogP contribution in [0.2, 0.25) is 0 Å². The Kier molecular flexibility index (Phi) is 4.57. The lowest BCUT2D eigenvalue weighted by atomic mass is 9.68. The van der Waals surface area contributed by atoms with Gasteiger partial charge in [-0.05, 0) is 46.3 Å². The zero-order chi connectivity index (χ0) is 13.1. The second-order valence-electron chi connectivity index (χ2n) is 4.04. The lowest BCUT2D eigenvalue weighted by molar-refractivity contribution is 0.140. The smallest absolute Gasteiger partial charge is 0.409 e. The molecule has 0 spiro atoms. The molecule has 0 amide bonds. The monoisotopic (exact) mass is 239 g/mol. The minimum atomic E-state index is -1.88. The van der Waals surface area contributed by atoms with E-state index in [1.54, 1.807) is 28.4 Å². The van der Waals surface area contributed by atoms with Gasteiger partial charge in [0.25, 0.3) is 0 Å². The summed E-state index contributed by atoms with van der Waals surface area (Å²) in [5.74, 6) is 0.877. The highest BCUT2D eigenvalue weighted by atomic mass is 16.7. The van der Waals surface area contributed by atoms with E-state index in [0.29, 0.717) is 0 Å². The molecule has 1 aromatic rings. The third kappa shape index (κ3) is 2.46. The quantitative estimate of drug-likeness (QED) is 0.728. The SMILES string of the molecule is COc1c(C)cc([B-](OC)(OC)OC)cc1C. The van der Waals surface area contributed by atoms with Gasteiger partial charge in [0, 0.05) is 0 Å². The Labute approximate surface area is 103 Å². The highest BCUT2D eigenvalue weighted by Gasteiger charge is 2.29. The van der Waals surface area contributed by atoms with Crippen molar-refractivity contribution < 1.29 is 18.7 Å². The predicted molar refractivity (Wildman–Crippen MR) is 68.9 cm³/mol. The molecule has 0 unspecified atom stereocenters. The van der Waals surface area contributed by atoms with Crippen LogP contribution < -0.4 is 10.2 Å². The summed E-state index contributed by atoms with van der Waals surface area (Å²) in [5, 5.41) is 0. The van der Waals surface area contributed by atoms with E-state index in [1.165, 1.54) is 0 Å². The first kappa shape index (κ1) is 14.0. The van der Waals surface area contributed by atoms with Gasteiger partial charge in [0.15, 0.2) is 0 Å². The van der Waals surface area contributed by atoms with Crippen molar-refractivity contribution in [2.75, 3.05) is 28.4 Å². The van der Waals surface area contributed by atoms with Crippen LogP contribution in [0.15, 0.2) is 12.1 Å². The van der Waals surface area contributed by atoms with Gasteiger partial charge in [-0.15, -0.1) is 5.46 Å². The Hall–Kier alpha value is -1.04. The molecular weight excluding hydrogens is 219 g/mol. The highest BCUT2D eigenvalue weighted by Crippen LogP contribution is 2.22. The molecule has 0 radical (unpaired) electrons. The molecule has 4 nitrogen and oxygen atoms in total. The highest BCUT2D eigenvalue weighted by molar-refractivity contribution is 6.75. The summed E-state index contributed by atoms with van der Waals surface area (Å²) in [7, 11) is 6.38. The second kappa shape index (κ2) is 5.53. The molecule has 0 saturated heterocycles. The third-order valence-corrected chi connectivity index (χ3v) is 3.03. The molecule has 17 heavy (non-hydrogen) atoms. The van der Waals surface area contributed by atoms with E-state index >= 15 is 0 Å². The summed E-state index contributed by atoms with van der Waals surface area (Å²) in [6.45, 7) is 2.09. The number of hydrogen-bond donors (Lipinski definition) is 0. The summed E-state index contributed by atoms with van der Waals surface area (Å²) in [6, 6.07) is 3.92. The zero-order valence-corrected chi connectivity index (χ0v) is 11.4. The lowest BCUT2D eigenvalue weighted by Gasteiger charge is -2.38. The molecule has 0 atom stereocenters. The van der Waals surface area contributed by atoms with Gasteiger partial charge >= 0.3 is 6.75 Å². The van der Waals surface area contributed by atoms with Crippen LogP contribution in [0.3, 0.4) is 0 Å². The van der Waals surface area contributed by atoms with Gasteiger partial charge in [-0.1, -0.05) is 12.1 Å². The molecule has 0 heterocycles. The van der Waals surface area contributed by atoms with Gasteiger partial charge in [-0.25, -0.2) is 0 Å². The molecule has 1 rings (SSSR count). The zero-order valence-electron chi connectivity index (χ0n) is 11.4. The Morgan fingerprint density at radius 3 is 1.53 bits per heavy atom. The van der Waals surface area contributed by atoms with Crippen LogP contribution in [0.25, 0.3) is 0 Å². The van der Waals surface area contributed by atoms with Crippen molar-refractivity contribution in [3.05, 3.63) is 23.3 Å². The van der Waals surface area contributed by atoms with Crippen LogP contribution >= 0.6 is 0 Å². The molecule has 0 aliphatic carbocycles. The molecule has 0 saturated carbocycles. The fourth-order valence-corrected chi connectivity index (χ4v) is 2.21. The van der Waals surface area contributed by atoms with Crippen molar-refractivity contribution >= 4 is 12.2 Å². The number of methoxy groups -OCH3 is 1. The summed E-state index contributed by atoms with van der Waals surface area (Å²) >= 11 is 0. The van der Waals surface area contributed by atoms with Crippen LogP contribution in [0.1, 0.15) is 11.1 Å². The van der Waals surface area contributed by atoms with Crippen molar-refractivity contribution in [2.24, 2.45) is 0 Å². The molecule has 96 valence electrons. The summed E-state index contributed by atoms with van der Waals surface area (Å²) in [4.78, 5) is 0. The van der Waals surface area contributed by atoms with Crippen molar-refractivity contribution in [1.82, 2.24) is 0 Å². The predicted octanol–water partition coefficient (Wildman–Crippen LogP) is 1.40. The van der Waals surface area contributed by atoms with Crippen molar-refractivity contribution in [1.29, 1.82) is 0 Å². The second-order valence-corrected chi connectivity index (χ2v) is 4.04. The van der Waals surface area contributed by atoms with Gasteiger partial charge < -0.3 is 18.7 Å². The maximum atomic E-state index is 5.38. The van der Waals surface area contributed by atoms with E-state index < -0.39 is 6.75 Å². The van der Waals surface area contributed by atoms with Crippen LogP contribution in [0, 0.1) is 13.8 Å². The van der Waals surface area contributed by atoms with Crippen LogP contribution in [-0.4, -0.2) is 35.2 Å². The number of aryl methyl sites for hydroxylation is 2. The van der Waals surface area contributed by atoms with Crippen molar-refractivity contribution in [3.8, 4) is 5.75 Å². The standard InChI is InChI=1S/C12H20BO4/c1-9-7-11(8-10(2)12(9)14-3)13(15-4,16-5)17-6/h7-8H,1-6H3/q-1. The minimum absolute atomic E-state index is 0.869. The van der Waals surface area contributed by atoms with E-state index in [9.17, 15) is 0 Å². The molecule has 0 aliphatic heterocycles. The van der Waals surface area contributed by atoms with E-state index in [-0.39, 0.29) is 0 Å². The van der Waals surface area contributed by atoms with Crippen LogP contribution in [-0.2, 0) is 14.0 Å². The number of ether oxygens (including phenoxy) is 1. The molecule has 0 bridgehead atoms. The lowest BCUT2D eigenvalue weighted by Crippen LogP contribution is -2.54. The van der Waals surface area contributed by atoms with Crippen LogP contribution in [0.4, 0.5) is 0 Å². The van der Waals surface area contributed by atoms with E-state index in [1.807, 2.05) is 26.0 Å². The molecule has 0 N–H and O–H groups in total. The van der Waals surface area contributed by atoms with E-state index in [2.05, 4.69) is 0 Å². The summed E-state index contributed by atoms with van der Waals surface area (Å²) in [5.41, 5.74) is 2.92. The molecule has 0 aromatic heterocycles. The Morgan fingerprint density at radius 1 is 0.824 bits per heavy atom. The van der Waals surface area contributed by atoms with Crippen molar-refractivity contribution in [3.63, 3.8) is 0 Å².